The molecule has 0 unspecified atom stereocenters. The summed E-state index contributed by atoms with van der Waals surface area (Å²) < 4.78 is 50.0. The summed E-state index contributed by atoms with van der Waals surface area (Å²) in [5.41, 5.74) is -0.210. The first-order chi connectivity index (χ1) is 12.9. The van der Waals surface area contributed by atoms with Crippen LogP contribution in [0.15, 0.2) is 30.3 Å². The first kappa shape index (κ1) is 18.6. The molecule has 1 N–H and O–H groups in total. The van der Waals surface area contributed by atoms with Crippen molar-refractivity contribution in [3.8, 4) is 5.75 Å². The minimum absolute atomic E-state index is 0.0232. The number of fused-ring (bicyclic) bond motifs is 1. The second-order valence-corrected chi connectivity index (χ2v) is 6.24. The first-order valence-electron chi connectivity index (χ1n) is 7.44. The summed E-state index contributed by atoms with van der Waals surface area (Å²) in [6, 6.07) is 6.94. The van der Waals surface area contributed by atoms with Crippen LogP contribution >= 0.6 is 11.3 Å². The lowest BCUT2D eigenvalue weighted by atomic mass is 10.2. The van der Waals surface area contributed by atoms with Crippen molar-refractivity contribution < 1.29 is 32.2 Å². The maximum Gasteiger partial charge on any atom is 0.338 e. The number of methoxy groups -OCH3 is 1. The number of benzene rings is 2. The number of hydrogen-bond donors (Lipinski definition) is 1. The molecule has 140 valence electrons. The highest BCUT2D eigenvalue weighted by molar-refractivity contribution is 7.22. The van der Waals surface area contributed by atoms with Crippen LogP contribution in [-0.2, 0) is 9.53 Å². The monoisotopic (exact) mass is 396 g/mol. The number of aromatic nitrogens is 1. The van der Waals surface area contributed by atoms with Crippen LogP contribution in [0.2, 0.25) is 0 Å². The van der Waals surface area contributed by atoms with E-state index in [2.05, 4.69) is 10.3 Å². The first-order valence-corrected chi connectivity index (χ1v) is 8.25. The standard InChI is InChI=1S/C17H11F3N2O4S/c1-25-9-4-2-3-8(5-9)16(24)26-7-12(23)21-17-22-15-11(27-17)6-10(18)13(19)14(15)20/h2-6H,7H2,1H3,(H,21,22,23). The highest BCUT2D eigenvalue weighted by atomic mass is 32.1. The number of nitrogens with zero attached hydrogens (tertiary/aromatic N) is 1. The average Bonchev–Trinajstić information content (AvgIpc) is 3.06. The van der Waals surface area contributed by atoms with Crippen molar-refractivity contribution in [1.29, 1.82) is 0 Å². The van der Waals surface area contributed by atoms with E-state index in [1.54, 1.807) is 12.1 Å². The number of anilines is 1. The molecule has 3 aromatic rings. The van der Waals surface area contributed by atoms with Gasteiger partial charge in [0.15, 0.2) is 29.2 Å². The molecule has 27 heavy (non-hydrogen) atoms. The normalized spacial score (nSPS) is 10.7. The minimum Gasteiger partial charge on any atom is -0.497 e. The molecule has 0 atom stereocenters. The van der Waals surface area contributed by atoms with Gasteiger partial charge in [-0.25, -0.2) is 22.9 Å². The van der Waals surface area contributed by atoms with E-state index in [9.17, 15) is 22.8 Å². The zero-order valence-corrected chi connectivity index (χ0v) is 14.5. The number of amides is 1. The van der Waals surface area contributed by atoms with Crippen molar-refractivity contribution in [1.82, 2.24) is 4.98 Å². The van der Waals surface area contributed by atoms with E-state index in [4.69, 9.17) is 9.47 Å². The van der Waals surface area contributed by atoms with E-state index in [-0.39, 0.29) is 15.4 Å². The summed E-state index contributed by atoms with van der Waals surface area (Å²) in [5.74, 6) is -5.47. The van der Waals surface area contributed by atoms with Crippen LogP contribution < -0.4 is 10.1 Å². The molecular weight excluding hydrogens is 385 g/mol. The van der Waals surface area contributed by atoms with Gasteiger partial charge in [-0.05, 0) is 24.3 Å². The number of nitrogens with one attached hydrogen (secondary N) is 1. The second-order valence-electron chi connectivity index (χ2n) is 5.21. The predicted molar refractivity (Wildman–Crippen MR) is 91.4 cm³/mol. The summed E-state index contributed by atoms with van der Waals surface area (Å²) in [7, 11) is 1.44. The van der Waals surface area contributed by atoms with E-state index < -0.39 is 41.5 Å². The fourth-order valence-corrected chi connectivity index (χ4v) is 3.05. The van der Waals surface area contributed by atoms with Gasteiger partial charge in [0.05, 0.1) is 17.4 Å². The Morgan fingerprint density at radius 1 is 1.19 bits per heavy atom. The maximum atomic E-state index is 13.7. The lowest BCUT2D eigenvalue weighted by Gasteiger charge is -2.06. The fourth-order valence-electron chi connectivity index (χ4n) is 2.15. The number of esters is 1. The molecular formula is C17H11F3N2O4S. The molecule has 0 aliphatic rings. The Labute approximate surface area is 154 Å². The number of halogens is 3. The third-order valence-electron chi connectivity index (χ3n) is 3.41. The molecule has 0 saturated heterocycles. The second kappa shape index (κ2) is 7.62. The minimum atomic E-state index is -1.64. The Hall–Kier alpha value is -3.14. The van der Waals surface area contributed by atoms with Gasteiger partial charge in [0, 0.05) is 0 Å². The van der Waals surface area contributed by atoms with Crippen molar-refractivity contribution >= 4 is 38.6 Å². The Morgan fingerprint density at radius 3 is 2.70 bits per heavy atom. The zero-order valence-electron chi connectivity index (χ0n) is 13.7. The van der Waals surface area contributed by atoms with Gasteiger partial charge in [-0.15, -0.1) is 0 Å². The molecule has 0 saturated carbocycles. The Bertz CT molecular complexity index is 1040. The number of thiazole rings is 1. The van der Waals surface area contributed by atoms with Gasteiger partial charge < -0.3 is 9.47 Å². The van der Waals surface area contributed by atoms with Gasteiger partial charge in [0.25, 0.3) is 5.91 Å². The summed E-state index contributed by atoms with van der Waals surface area (Å²) in [6.45, 7) is -0.628. The average molecular weight is 396 g/mol. The van der Waals surface area contributed by atoms with Gasteiger partial charge in [-0.2, -0.15) is 0 Å². The largest absolute Gasteiger partial charge is 0.497 e. The summed E-state index contributed by atoms with van der Waals surface area (Å²) in [6.07, 6.45) is 0. The molecule has 0 radical (unpaired) electrons. The van der Waals surface area contributed by atoms with E-state index >= 15 is 0 Å². The molecule has 0 fully saturated rings. The summed E-state index contributed by atoms with van der Waals surface area (Å²) >= 11 is 0.751. The van der Waals surface area contributed by atoms with Crippen LogP contribution in [-0.4, -0.2) is 30.6 Å². The van der Waals surface area contributed by atoms with Crippen LogP contribution in [0.25, 0.3) is 10.2 Å². The quantitative estimate of drug-likeness (QED) is 0.528. The number of carbonyl (C=O) groups is 2. The Kier molecular flexibility index (Phi) is 5.26. The SMILES string of the molecule is COc1cccc(C(=O)OCC(=O)Nc2nc3c(F)c(F)c(F)cc3s2)c1. The molecule has 0 aliphatic heterocycles. The van der Waals surface area contributed by atoms with Crippen LogP contribution in [0.4, 0.5) is 18.3 Å². The van der Waals surface area contributed by atoms with Crippen molar-refractivity contribution in [2.24, 2.45) is 0 Å². The van der Waals surface area contributed by atoms with Gasteiger partial charge in [-0.3, -0.25) is 10.1 Å². The summed E-state index contributed by atoms with van der Waals surface area (Å²) in [5, 5.41) is 2.20. The van der Waals surface area contributed by atoms with Gasteiger partial charge in [-0.1, -0.05) is 17.4 Å². The zero-order chi connectivity index (χ0) is 19.6. The molecule has 10 heteroatoms. The van der Waals surface area contributed by atoms with Crippen LogP contribution in [0, 0.1) is 17.5 Å². The highest BCUT2D eigenvalue weighted by Gasteiger charge is 2.19. The topological polar surface area (TPSA) is 77.5 Å². The molecule has 3 rings (SSSR count). The lowest BCUT2D eigenvalue weighted by molar-refractivity contribution is -0.119. The van der Waals surface area contributed by atoms with Crippen molar-refractivity contribution in [2.75, 3.05) is 19.0 Å². The number of hydrogen-bond acceptors (Lipinski definition) is 6. The molecule has 0 aliphatic carbocycles. The highest BCUT2D eigenvalue weighted by Crippen LogP contribution is 2.30. The third kappa shape index (κ3) is 4.00. The van der Waals surface area contributed by atoms with Crippen LogP contribution in [0.5, 0.6) is 5.75 Å². The summed E-state index contributed by atoms with van der Waals surface area (Å²) in [4.78, 5) is 27.5. The number of ether oxygens (including phenoxy) is 2. The molecule has 1 amide bonds. The van der Waals surface area contributed by atoms with Crippen molar-refractivity contribution in [2.45, 2.75) is 0 Å². The molecule has 0 spiro atoms. The van der Waals surface area contributed by atoms with E-state index in [0.717, 1.165) is 17.4 Å². The van der Waals surface area contributed by atoms with E-state index in [1.165, 1.54) is 19.2 Å². The van der Waals surface area contributed by atoms with E-state index in [1.807, 2.05) is 0 Å². The van der Waals surface area contributed by atoms with Crippen molar-refractivity contribution in [3.63, 3.8) is 0 Å². The Balaban J connectivity index is 1.65. The molecule has 1 aromatic heterocycles. The van der Waals surface area contributed by atoms with Crippen molar-refractivity contribution in [3.05, 3.63) is 53.3 Å². The van der Waals surface area contributed by atoms with Crippen LogP contribution in [0.1, 0.15) is 10.4 Å². The van der Waals surface area contributed by atoms with Gasteiger partial charge >= 0.3 is 5.97 Å². The molecule has 6 nitrogen and oxygen atoms in total. The van der Waals surface area contributed by atoms with Gasteiger partial charge in [0.1, 0.15) is 11.3 Å². The smallest absolute Gasteiger partial charge is 0.338 e. The Morgan fingerprint density at radius 2 is 1.96 bits per heavy atom. The predicted octanol–water partition coefficient (Wildman–Crippen LogP) is 3.52. The third-order valence-corrected chi connectivity index (χ3v) is 4.33. The number of carbonyl (C=O) groups excluding carboxylic acids is 2. The van der Waals surface area contributed by atoms with E-state index in [0.29, 0.717) is 5.75 Å². The fraction of sp³-hybridized carbons (Fsp3) is 0.118. The molecule has 2 aromatic carbocycles. The maximum absolute atomic E-state index is 13.7. The lowest BCUT2D eigenvalue weighted by Crippen LogP contribution is -2.20. The van der Waals surface area contributed by atoms with Gasteiger partial charge in [0.2, 0.25) is 0 Å². The number of rotatable bonds is 5. The molecule has 1 heterocycles. The van der Waals surface area contributed by atoms with Crippen LogP contribution in [0.3, 0.4) is 0 Å². The molecule has 0 bridgehead atoms.